The molecule has 0 saturated carbocycles. The van der Waals surface area contributed by atoms with Crippen molar-refractivity contribution in [2.45, 2.75) is 39.0 Å². The summed E-state index contributed by atoms with van der Waals surface area (Å²) in [5, 5.41) is 5.56. The number of carbonyl (C=O) groups is 2. The molecule has 0 radical (unpaired) electrons. The Labute approximate surface area is 133 Å². The number of carbonyl (C=O) groups excluding carboxylic acids is 2. The van der Waals surface area contributed by atoms with E-state index in [1.54, 1.807) is 6.08 Å². The largest absolute Gasteiger partial charge is 0.377 e. The van der Waals surface area contributed by atoms with Crippen LogP contribution in [-0.4, -0.2) is 51.3 Å². The number of nitrogens with one attached hydrogen (secondary N) is 2. The van der Waals surface area contributed by atoms with E-state index in [4.69, 9.17) is 9.47 Å². The van der Waals surface area contributed by atoms with Crippen molar-refractivity contribution in [2.75, 3.05) is 39.5 Å². The Morgan fingerprint density at radius 1 is 0.955 bits per heavy atom. The van der Waals surface area contributed by atoms with Crippen molar-refractivity contribution >= 4 is 11.8 Å². The molecule has 0 aromatic rings. The lowest BCUT2D eigenvalue weighted by molar-refractivity contribution is -0.122. The highest BCUT2D eigenvalue weighted by atomic mass is 16.5. The van der Waals surface area contributed by atoms with Crippen LogP contribution in [0.15, 0.2) is 12.7 Å². The lowest BCUT2D eigenvalue weighted by Crippen LogP contribution is -2.28. The third-order valence-electron chi connectivity index (χ3n) is 2.84. The Morgan fingerprint density at radius 2 is 1.50 bits per heavy atom. The molecule has 2 N–H and O–H groups in total. The average Bonchev–Trinajstić information content (AvgIpc) is 2.52. The van der Waals surface area contributed by atoms with Crippen LogP contribution in [0.5, 0.6) is 0 Å². The second kappa shape index (κ2) is 16.0. The van der Waals surface area contributed by atoms with E-state index < -0.39 is 0 Å². The van der Waals surface area contributed by atoms with Gasteiger partial charge in [-0.3, -0.25) is 9.59 Å². The van der Waals surface area contributed by atoms with Crippen LogP contribution in [0.1, 0.15) is 39.0 Å². The molecule has 6 nitrogen and oxygen atoms in total. The molecule has 0 rings (SSSR count). The fraction of sp³-hybridized carbons (Fsp3) is 0.750. The predicted molar refractivity (Wildman–Crippen MR) is 86.6 cm³/mol. The third-order valence-corrected chi connectivity index (χ3v) is 2.84. The minimum atomic E-state index is 0.0126. The number of hydrogen-bond donors (Lipinski definition) is 2. The van der Waals surface area contributed by atoms with E-state index in [2.05, 4.69) is 24.1 Å². The molecule has 22 heavy (non-hydrogen) atoms. The number of amides is 2. The summed E-state index contributed by atoms with van der Waals surface area (Å²) in [6.45, 7) is 8.57. The first-order valence-corrected chi connectivity index (χ1v) is 8.00. The molecule has 0 aliphatic carbocycles. The van der Waals surface area contributed by atoms with Crippen molar-refractivity contribution in [2.24, 2.45) is 0 Å². The molecule has 0 fully saturated rings. The number of unbranched alkanes of at least 4 members (excludes halogenated alkanes) is 1. The number of hydrogen-bond acceptors (Lipinski definition) is 4. The van der Waals surface area contributed by atoms with E-state index in [1.807, 2.05) is 0 Å². The maximum absolute atomic E-state index is 11.3. The zero-order valence-electron chi connectivity index (χ0n) is 13.7. The van der Waals surface area contributed by atoms with Gasteiger partial charge in [-0.2, -0.15) is 0 Å². The van der Waals surface area contributed by atoms with Crippen LogP contribution >= 0.6 is 0 Å². The van der Waals surface area contributed by atoms with Gasteiger partial charge in [0.05, 0.1) is 26.4 Å². The first kappa shape index (κ1) is 20.6. The van der Waals surface area contributed by atoms with Crippen molar-refractivity contribution in [3.63, 3.8) is 0 Å². The summed E-state index contributed by atoms with van der Waals surface area (Å²) in [6.07, 6.45) is 5.41. The molecule has 0 aliphatic heterocycles. The van der Waals surface area contributed by atoms with Gasteiger partial charge in [0.25, 0.3) is 0 Å². The van der Waals surface area contributed by atoms with Gasteiger partial charge in [0.15, 0.2) is 0 Å². The maximum Gasteiger partial charge on any atom is 0.220 e. The summed E-state index contributed by atoms with van der Waals surface area (Å²) in [5.41, 5.74) is 0. The molecule has 0 heterocycles. The Balaban J connectivity index is 3.19. The van der Waals surface area contributed by atoms with Crippen LogP contribution in [-0.2, 0) is 19.1 Å². The first-order valence-electron chi connectivity index (χ1n) is 8.00. The predicted octanol–water partition coefficient (Wildman–Crippen LogP) is 1.41. The molecule has 0 aromatic carbocycles. The molecule has 0 bridgehead atoms. The minimum absolute atomic E-state index is 0.0126. The fourth-order valence-corrected chi connectivity index (χ4v) is 1.59. The lowest BCUT2D eigenvalue weighted by atomic mass is 10.2. The Hall–Kier alpha value is -1.40. The summed E-state index contributed by atoms with van der Waals surface area (Å²) in [7, 11) is 0. The first-order chi connectivity index (χ1) is 10.7. The minimum Gasteiger partial charge on any atom is -0.377 e. The monoisotopic (exact) mass is 314 g/mol. The topological polar surface area (TPSA) is 76.7 Å². The number of ether oxygens (including phenoxy) is 2. The van der Waals surface area contributed by atoms with E-state index in [9.17, 15) is 9.59 Å². The molecule has 0 aromatic heterocycles. The Morgan fingerprint density at radius 3 is 2.00 bits per heavy atom. The van der Waals surface area contributed by atoms with Gasteiger partial charge in [-0.05, 0) is 12.8 Å². The molecular weight excluding hydrogens is 284 g/mol. The summed E-state index contributed by atoms with van der Waals surface area (Å²) >= 11 is 0. The van der Waals surface area contributed by atoms with E-state index in [0.29, 0.717) is 58.8 Å². The molecule has 6 heteroatoms. The summed E-state index contributed by atoms with van der Waals surface area (Å²) in [6, 6.07) is 0. The maximum atomic E-state index is 11.3. The molecule has 128 valence electrons. The van der Waals surface area contributed by atoms with Crippen molar-refractivity contribution < 1.29 is 19.1 Å². The highest BCUT2D eigenvalue weighted by molar-refractivity contribution is 5.76. The van der Waals surface area contributed by atoms with Crippen LogP contribution in [0.2, 0.25) is 0 Å². The van der Waals surface area contributed by atoms with Gasteiger partial charge in [-0.25, -0.2) is 0 Å². The van der Waals surface area contributed by atoms with Crippen molar-refractivity contribution in [3.8, 4) is 0 Å². The summed E-state index contributed by atoms with van der Waals surface area (Å²) in [5.74, 6) is 0.0902. The van der Waals surface area contributed by atoms with Gasteiger partial charge < -0.3 is 20.1 Å². The van der Waals surface area contributed by atoms with Crippen molar-refractivity contribution in [1.82, 2.24) is 10.6 Å². The molecule has 0 aliphatic rings. The van der Waals surface area contributed by atoms with Gasteiger partial charge >= 0.3 is 0 Å². The smallest absolute Gasteiger partial charge is 0.220 e. The summed E-state index contributed by atoms with van der Waals surface area (Å²) in [4.78, 5) is 22.6. The molecule has 0 unspecified atom stereocenters. The zero-order valence-corrected chi connectivity index (χ0v) is 13.7. The molecule has 2 amide bonds. The van der Waals surface area contributed by atoms with Crippen molar-refractivity contribution in [1.29, 1.82) is 0 Å². The van der Waals surface area contributed by atoms with E-state index >= 15 is 0 Å². The van der Waals surface area contributed by atoms with Gasteiger partial charge in [-0.1, -0.05) is 19.4 Å². The number of allylic oxidation sites excluding steroid dienone is 1. The SMILES string of the molecule is C=CCCC(=O)NCCOCCOCCNC(=O)CCCC. The van der Waals surface area contributed by atoms with Crippen LogP contribution in [0.3, 0.4) is 0 Å². The molecule has 0 atom stereocenters. The Bertz CT molecular complexity index is 309. The zero-order chi connectivity index (χ0) is 16.5. The van der Waals surface area contributed by atoms with Crippen LogP contribution in [0.4, 0.5) is 0 Å². The lowest BCUT2D eigenvalue weighted by Gasteiger charge is -2.08. The van der Waals surface area contributed by atoms with Crippen molar-refractivity contribution in [3.05, 3.63) is 12.7 Å². The Kier molecular flexibility index (Phi) is 15.0. The van der Waals surface area contributed by atoms with E-state index in [1.165, 1.54) is 0 Å². The average molecular weight is 314 g/mol. The highest BCUT2D eigenvalue weighted by Crippen LogP contribution is 1.92. The second-order valence-corrected chi connectivity index (χ2v) is 4.86. The quantitative estimate of drug-likeness (QED) is 0.354. The van der Waals surface area contributed by atoms with Gasteiger partial charge in [0.1, 0.15) is 0 Å². The third kappa shape index (κ3) is 15.0. The second-order valence-electron chi connectivity index (χ2n) is 4.86. The van der Waals surface area contributed by atoms with Gasteiger partial charge in [-0.15, -0.1) is 6.58 Å². The summed E-state index contributed by atoms with van der Waals surface area (Å²) < 4.78 is 10.7. The fourth-order valence-electron chi connectivity index (χ4n) is 1.59. The van der Waals surface area contributed by atoms with E-state index in [-0.39, 0.29) is 11.8 Å². The normalized spacial score (nSPS) is 10.2. The van der Waals surface area contributed by atoms with Gasteiger partial charge in [0.2, 0.25) is 11.8 Å². The van der Waals surface area contributed by atoms with Gasteiger partial charge in [0, 0.05) is 25.9 Å². The van der Waals surface area contributed by atoms with Crippen LogP contribution in [0.25, 0.3) is 0 Å². The molecular formula is C16H30N2O4. The molecule has 0 saturated heterocycles. The highest BCUT2D eigenvalue weighted by Gasteiger charge is 1.99. The van der Waals surface area contributed by atoms with E-state index in [0.717, 1.165) is 12.8 Å². The number of rotatable bonds is 15. The standard InChI is InChI=1S/C16H30N2O4/c1-3-5-7-15(19)17-9-11-21-13-14-22-12-10-18-16(20)8-6-4-2/h3H,1,4-14H2,2H3,(H,17,19)(H,18,20). The van der Waals surface area contributed by atoms with Crippen LogP contribution in [0, 0.1) is 0 Å². The molecule has 0 spiro atoms. The van der Waals surface area contributed by atoms with Crippen LogP contribution < -0.4 is 10.6 Å².